The van der Waals surface area contributed by atoms with Crippen LogP contribution in [-0.2, 0) is 20.1 Å². The molecule has 0 aliphatic rings. The van der Waals surface area contributed by atoms with Crippen molar-refractivity contribution in [3.8, 4) is 11.5 Å². The van der Waals surface area contributed by atoms with Crippen LogP contribution in [0.5, 0.6) is 11.5 Å². The zero-order valence-corrected chi connectivity index (χ0v) is 11.5. The Balaban J connectivity index is 1.94. The molecule has 0 unspecified atom stereocenters. The maximum absolute atomic E-state index is 9.52. The fourth-order valence-corrected chi connectivity index (χ4v) is 1.89. The zero-order chi connectivity index (χ0) is 13.8. The lowest BCUT2D eigenvalue weighted by molar-refractivity contribution is 0.373. The van der Waals surface area contributed by atoms with E-state index in [0.717, 1.165) is 17.8 Å². The van der Waals surface area contributed by atoms with Crippen molar-refractivity contribution in [2.75, 3.05) is 7.11 Å². The van der Waals surface area contributed by atoms with Gasteiger partial charge in [-0.15, -0.1) is 0 Å². The molecule has 1 aromatic heterocycles. The predicted molar refractivity (Wildman–Crippen MR) is 73.1 cm³/mol. The normalized spacial score (nSPS) is 10.7. The molecule has 2 N–H and O–H groups in total. The lowest BCUT2D eigenvalue weighted by atomic mass is 10.2. The van der Waals surface area contributed by atoms with E-state index in [1.54, 1.807) is 13.2 Å². The van der Waals surface area contributed by atoms with Crippen molar-refractivity contribution in [3.63, 3.8) is 0 Å². The Hall–Kier alpha value is -2.01. The van der Waals surface area contributed by atoms with E-state index in [1.165, 1.54) is 5.56 Å². The van der Waals surface area contributed by atoms with E-state index < -0.39 is 0 Å². The largest absolute Gasteiger partial charge is 0.504 e. The van der Waals surface area contributed by atoms with Gasteiger partial charge in [0.05, 0.1) is 13.3 Å². The SMILES string of the molecule is COc1cc(CNCc2cnn(C)c2C)ccc1O. The van der Waals surface area contributed by atoms with Gasteiger partial charge >= 0.3 is 0 Å². The second-order valence-electron chi connectivity index (χ2n) is 4.49. The highest BCUT2D eigenvalue weighted by atomic mass is 16.5. The van der Waals surface area contributed by atoms with Crippen LogP contribution in [0.4, 0.5) is 0 Å². The molecule has 0 bridgehead atoms. The first-order valence-electron chi connectivity index (χ1n) is 6.16. The van der Waals surface area contributed by atoms with Crippen LogP contribution in [-0.4, -0.2) is 22.0 Å². The minimum absolute atomic E-state index is 0.161. The van der Waals surface area contributed by atoms with Gasteiger partial charge in [-0.05, 0) is 24.6 Å². The molecule has 0 amide bonds. The number of rotatable bonds is 5. The molecule has 0 saturated carbocycles. The van der Waals surface area contributed by atoms with Crippen LogP contribution in [0.15, 0.2) is 24.4 Å². The molecule has 19 heavy (non-hydrogen) atoms. The van der Waals surface area contributed by atoms with E-state index in [2.05, 4.69) is 10.4 Å². The number of hydrogen-bond donors (Lipinski definition) is 2. The lowest BCUT2D eigenvalue weighted by Crippen LogP contribution is -2.13. The Morgan fingerprint density at radius 3 is 2.79 bits per heavy atom. The molecule has 5 heteroatoms. The minimum atomic E-state index is 0.161. The average Bonchev–Trinajstić information content (AvgIpc) is 2.72. The highest BCUT2D eigenvalue weighted by Crippen LogP contribution is 2.26. The highest BCUT2D eigenvalue weighted by molar-refractivity contribution is 5.41. The number of benzene rings is 1. The van der Waals surface area contributed by atoms with Gasteiger partial charge < -0.3 is 15.2 Å². The first kappa shape index (κ1) is 13.4. The Morgan fingerprint density at radius 2 is 2.16 bits per heavy atom. The molecule has 0 radical (unpaired) electrons. The van der Waals surface area contributed by atoms with Crippen LogP contribution < -0.4 is 10.1 Å². The third-order valence-electron chi connectivity index (χ3n) is 3.23. The molecule has 0 spiro atoms. The van der Waals surface area contributed by atoms with E-state index in [4.69, 9.17) is 4.74 Å². The second-order valence-corrected chi connectivity index (χ2v) is 4.49. The van der Waals surface area contributed by atoms with E-state index in [0.29, 0.717) is 12.3 Å². The molecular weight excluding hydrogens is 242 g/mol. The van der Waals surface area contributed by atoms with Gasteiger partial charge in [0, 0.05) is 31.4 Å². The third kappa shape index (κ3) is 3.06. The molecule has 0 aliphatic heterocycles. The summed E-state index contributed by atoms with van der Waals surface area (Å²) < 4.78 is 6.94. The summed E-state index contributed by atoms with van der Waals surface area (Å²) in [5.74, 6) is 0.659. The molecule has 0 atom stereocenters. The second kappa shape index (κ2) is 5.75. The van der Waals surface area contributed by atoms with Gasteiger partial charge in [0.25, 0.3) is 0 Å². The Labute approximate surface area is 112 Å². The number of phenols is 1. The van der Waals surface area contributed by atoms with E-state index in [-0.39, 0.29) is 5.75 Å². The van der Waals surface area contributed by atoms with Crippen molar-refractivity contribution < 1.29 is 9.84 Å². The standard InChI is InChI=1S/C14H19N3O2/c1-10-12(9-16-17(10)2)8-15-7-11-4-5-13(18)14(6-11)19-3/h4-6,9,15,18H,7-8H2,1-3H3. The molecular formula is C14H19N3O2. The van der Waals surface area contributed by atoms with Crippen LogP contribution in [0.25, 0.3) is 0 Å². The third-order valence-corrected chi connectivity index (χ3v) is 3.23. The van der Waals surface area contributed by atoms with Crippen LogP contribution in [0.3, 0.4) is 0 Å². The van der Waals surface area contributed by atoms with Gasteiger partial charge in [-0.1, -0.05) is 6.07 Å². The summed E-state index contributed by atoms with van der Waals surface area (Å²) in [6.45, 7) is 3.53. The van der Waals surface area contributed by atoms with Gasteiger partial charge in [-0.3, -0.25) is 4.68 Å². The number of nitrogens with zero attached hydrogens (tertiary/aromatic N) is 2. The molecule has 0 aliphatic carbocycles. The average molecular weight is 261 g/mol. The number of aromatic hydroxyl groups is 1. The molecule has 1 aromatic carbocycles. The number of methoxy groups -OCH3 is 1. The van der Waals surface area contributed by atoms with Crippen molar-refractivity contribution in [2.24, 2.45) is 7.05 Å². The molecule has 2 rings (SSSR count). The maximum Gasteiger partial charge on any atom is 0.160 e. The van der Waals surface area contributed by atoms with Crippen molar-refractivity contribution in [3.05, 3.63) is 41.2 Å². The summed E-state index contributed by atoms with van der Waals surface area (Å²) in [5, 5.41) is 17.1. The van der Waals surface area contributed by atoms with Gasteiger partial charge in [0.2, 0.25) is 0 Å². The van der Waals surface area contributed by atoms with Gasteiger partial charge in [0.1, 0.15) is 0 Å². The van der Waals surface area contributed by atoms with Crippen LogP contribution >= 0.6 is 0 Å². The summed E-state index contributed by atoms with van der Waals surface area (Å²) in [4.78, 5) is 0. The van der Waals surface area contributed by atoms with E-state index in [9.17, 15) is 5.11 Å². The lowest BCUT2D eigenvalue weighted by Gasteiger charge is -2.08. The maximum atomic E-state index is 9.52. The molecule has 102 valence electrons. The first-order valence-corrected chi connectivity index (χ1v) is 6.16. The fourth-order valence-electron chi connectivity index (χ4n) is 1.89. The van der Waals surface area contributed by atoms with E-state index >= 15 is 0 Å². The monoisotopic (exact) mass is 261 g/mol. The number of ether oxygens (including phenoxy) is 1. The molecule has 5 nitrogen and oxygen atoms in total. The molecule has 1 heterocycles. The van der Waals surface area contributed by atoms with Crippen molar-refractivity contribution in [2.45, 2.75) is 20.0 Å². The number of hydrogen-bond acceptors (Lipinski definition) is 4. The topological polar surface area (TPSA) is 59.3 Å². The van der Waals surface area contributed by atoms with Crippen LogP contribution in [0, 0.1) is 6.92 Å². The number of aryl methyl sites for hydroxylation is 1. The van der Waals surface area contributed by atoms with Gasteiger partial charge in [0.15, 0.2) is 11.5 Å². The zero-order valence-electron chi connectivity index (χ0n) is 11.5. The molecule has 0 fully saturated rings. The first-order chi connectivity index (χ1) is 9.11. The fraction of sp³-hybridized carbons (Fsp3) is 0.357. The van der Waals surface area contributed by atoms with Crippen LogP contribution in [0.2, 0.25) is 0 Å². The van der Waals surface area contributed by atoms with Gasteiger partial charge in [-0.2, -0.15) is 5.10 Å². The van der Waals surface area contributed by atoms with E-state index in [1.807, 2.05) is 37.0 Å². The molecule has 0 saturated heterocycles. The Morgan fingerprint density at radius 1 is 1.37 bits per heavy atom. The minimum Gasteiger partial charge on any atom is -0.504 e. The smallest absolute Gasteiger partial charge is 0.160 e. The van der Waals surface area contributed by atoms with Crippen molar-refractivity contribution in [1.29, 1.82) is 0 Å². The quantitative estimate of drug-likeness (QED) is 0.860. The summed E-state index contributed by atoms with van der Waals surface area (Å²) in [5.41, 5.74) is 3.42. The summed E-state index contributed by atoms with van der Waals surface area (Å²) in [6, 6.07) is 5.35. The summed E-state index contributed by atoms with van der Waals surface area (Å²) in [7, 11) is 3.48. The number of aromatic nitrogens is 2. The predicted octanol–water partition coefficient (Wildman–Crippen LogP) is 1.73. The van der Waals surface area contributed by atoms with Gasteiger partial charge in [-0.25, -0.2) is 0 Å². The van der Waals surface area contributed by atoms with Crippen molar-refractivity contribution >= 4 is 0 Å². The number of nitrogens with one attached hydrogen (secondary N) is 1. The number of phenolic OH excluding ortho intramolecular Hbond substituents is 1. The van der Waals surface area contributed by atoms with Crippen LogP contribution in [0.1, 0.15) is 16.8 Å². The van der Waals surface area contributed by atoms with Crippen molar-refractivity contribution in [1.82, 2.24) is 15.1 Å². The Bertz CT molecular complexity index is 564. The molecule has 2 aromatic rings. The highest BCUT2D eigenvalue weighted by Gasteiger charge is 2.05. The summed E-state index contributed by atoms with van der Waals surface area (Å²) >= 11 is 0. The Kier molecular flexibility index (Phi) is 4.06. The summed E-state index contributed by atoms with van der Waals surface area (Å²) in [6.07, 6.45) is 1.87.